The van der Waals surface area contributed by atoms with Crippen LogP contribution in [-0.4, -0.2) is 34.1 Å². The van der Waals surface area contributed by atoms with Gasteiger partial charge in [-0.2, -0.15) is 0 Å². The number of carbonyl (C=O) groups is 1. The second-order valence-corrected chi connectivity index (χ2v) is 6.51. The topological polar surface area (TPSA) is 59.2 Å². The summed E-state index contributed by atoms with van der Waals surface area (Å²) >= 11 is 0. The number of rotatable bonds is 4. The molecule has 2 heterocycles. The van der Waals surface area contributed by atoms with Crippen LogP contribution in [0.4, 0.5) is 0 Å². The van der Waals surface area contributed by atoms with Crippen LogP contribution in [0.5, 0.6) is 0 Å². The van der Waals surface area contributed by atoms with E-state index in [4.69, 9.17) is 4.42 Å². The zero-order valence-electron chi connectivity index (χ0n) is 12.3. The van der Waals surface area contributed by atoms with Crippen molar-refractivity contribution < 1.29 is 9.21 Å². The first-order valence-corrected chi connectivity index (χ1v) is 7.74. The van der Waals surface area contributed by atoms with Crippen LogP contribution < -0.4 is 0 Å². The number of carbonyl (C=O) groups excluding carboxylic acids is 1. The Morgan fingerprint density at radius 3 is 2.20 bits per heavy atom. The summed E-state index contributed by atoms with van der Waals surface area (Å²) in [6, 6.07) is 0. The molecule has 3 rings (SSSR count). The molecule has 0 radical (unpaired) electrons. The maximum absolute atomic E-state index is 12.0. The van der Waals surface area contributed by atoms with Crippen molar-refractivity contribution >= 4 is 5.91 Å². The van der Waals surface area contributed by atoms with Gasteiger partial charge >= 0.3 is 0 Å². The molecule has 0 bridgehead atoms. The van der Waals surface area contributed by atoms with E-state index in [1.807, 2.05) is 4.90 Å². The van der Waals surface area contributed by atoms with Crippen LogP contribution in [0.25, 0.3) is 0 Å². The molecule has 5 nitrogen and oxygen atoms in total. The molecule has 1 amide bonds. The molecule has 1 aliphatic carbocycles. The van der Waals surface area contributed by atoms with Gasteiger partial charge in [0.25, 0.3) is 0 Å². The number of hydrogen-bond donors (Lipinski definition) is 0. The molecular formula is C15H23N3O2. The summed E-state index contributed by atoms with van der Waals surface area (Å²) in [6.07, 6.45) is 4.90. The molecule has 1 aromatic rings. The van der Waals surface area contributed by atoms with Gasteiger partial charge < -0.3 is 9.32 Å². The zero-order chi connectivity index (χ0) is 14.1. The standard InChI is InChI=1S/C15H23N3O2/c1-10(2)9-13(19)18-7-5-12(6-8-18)15-17-16-14(20-15)11-3-4-11/h10-12H,3-9H2,1-2H3. The van der Waals surface area contributed by atoms with Gasteiger partial charge in [-0.3, -0.25) is 4.79 Å². The molecule has 0 spiro atoms. The lowest BCUT2D eigenvalue weighted by Crippen LogP contribution is -2.38. The number of amides is 1. The summed E-state index contributed by atoms with van der Waals surface area (Å²) in [5.41, 5.74) is 0. The van der Waals surface area contributed by atoms with E-state index in [9.17, 15) is 4.79 Å². The normalized spacial score (nSPS) is 20.6. The highest BCUT2D eigenvalue weighted by Gasteiger charge is 2.32. The SMILES string of the molecule is CC(C)CC(=O)N1CCC(c2nnc(C3CC3)o2)CC1. The average molecular weight is 277 g/mol. The summed E-state index contributed by atoms with van der Waals surface area (Å²) in [7, 11) is 0. The Balaban J connectivity index is 1.53. The fourth-order valence-electron chi connectivity index (χ4n) is 2.76. The van der Waals surface area contributed by atoms with E-state index in [2.05, 4.69) is 24.0 Å². The van der Waals surface area contributed by atoms with Gasteiger partial charge in [-0.25, -0.2) is 0 Å². The summed E-state index contributed by atoms with van der Waals surface area (Å²) < 4.78 is 5.78. The molecule has 1 saturated carbocycles. The molecule has 0 aromatic carbocycles. The average Bonchev–Trinajstić information content (AvgIpc) is 3.16. The van der Waals surface area contributed by atoms with Gasteiger partial charge in [0, 0.05) is 31.3 Å². The van der Waals surface area contributed by atoms with Crippen molar-refractivity contribution in [3.63, 3.8) is 0 Å². The number of aromatic nitrogens is 2. The predicted octanol–water partition coefficient (Wildman–Crippen LogP) is 2.70. The second-order valence-electron chi connectivity index (χ2n) is 6.51. The lowest BCUT2D eigenvalue weighted by Gasteiger charge is -2.31. The van der Waals surface area contributed by atoms with Gasteiger partial charge in [-0.05, 0) is 31.6 Å². The van der Waals surface area contributed by atoms with Crippen molar-refractivity contribution in [1.82, 2.24) is 15.1 Å². The Bertz CT molecular complexity index is 471. The molecule has 5 heteroatoms. The lowest BCUT2D eigenvalue weighted by atomic mass is 9.96. The fourth-order valence-corrected chi connectivity index (χ4v) is 2.76. The number of piperidine rings is 1. The summed E-state index contributed by atoms with van der Waals surface area (Å²) in [5.74, 6) is 3.16. The van der Waals surface area contributed by atoms with E-state index in [1.54, 1.807) is 0 Å². The summed E-state index contributed by atoms with van der Waals surface area (Å²) in [5, 5.41) is 8.35. The summed E-state index contributed by atoms with van der Waals surface area (Å²) in [4.78, 5) is 14.0. The molecule has 0 unspecified atom stereocenters. The van der Waals surface area contributed by atoms with E-state index in [1.165, 1.54) is 12.8 Å². The molecule has 0 atom stereocenters. The van der Waals surface area contributed by atoms with Crippen molar-refractivity contribution in [3.05, 3.63) is 11.8 Å². The van der Waals surface area contributed by atoms with Crippen molar-refractivity contribution in [2.75, 3.05) is 13.1 Å². The van der Waals surface area contributed by atoms with E-state index in [0.29, 0.717) is 24.2 Å². The Morgan fingerprint density at radius 1 is 1.15 bits per heavy atom. The third-order valence-corrected chi connectivity index (χ3v) is 4.16. The highest BCUT2D eigenvalue weighted by atomic mass is 16.4. The van der Waals surface area contributed by atoms with Crippen molar-refractivity contribution in [2.45, 2.75) is 57.8 Å². The molecular weight excluding hydrogens is 254 g/mol. The fraction of sp³-hybridized carbons (Fsp3) is 0.800. The molecule has 1 aliphatic heterocycles. The van der Waals surface area contributed by atoms with Crippen LogP contribution in [-0.2, 0) is 4.79 Å². The second kappa shape index (κ2) is 5.54. The predicted molar refractivity (Wildman–Crippen MR) is 74.3 cm³/mol. The minimum Gasteiger partial charge on any atom is -0.425 e. The molecule has 0 N–H and O–H groups in total. The first-order chi connectivity index (χ1) is 9.63. The first kappa shape index (κ1) is 13.6. The third kappa shape index (κ3) is 3.02. The monoisotopic (exact) mass is 277 g/mol. The van der Waals surface area contributed by atoms with Crippen LogP contribution in [0.15, 0.2) is 4.42 Å². The van der Waals surface area contributed by atoms with E-state index in [0.717, 1.165) is 37.7 Å². The maximum atomic E-state index is 12.0. The van der Waals surface area contributed by atoms with Crippen LogP contribution in [0.2, 0.25) is 0 Å². The molecule has 2 fully saturated rings. The minimum atomic E-state index is 0.280. The zero-order valence-corrected chi connectivity index (χ0v) is 12.3. The highest BCUT2D eigenvalue weighted by molar-refractivity contribution is 5.76. The number of hydrogen-bond acceptors (Lipinski definition) is 4. The van der Waals surface area contributed by atoms with E-state index in [-0.39, 0.29) is 5.91 Å². The van der Waals surface area contributed by atoms with Gasteiger partial charge in [0.2, 0.25) is 17.7 Å². The van der Waals surface area contributed by atoms with Gasteiger partial charge in [-0.1, -0.05) is 13.8 Å². The molecule has 1 aromatic heterocycles. The Kier molecular flexibility index (Phi) is 3.76. The van der Waals surface area contributed by atoms with Crippen LogP contribution in [0.3, 0.4) is 0 Å². The Hall–Kier alpha value is -1.39. The molecule has 20 heavy (non-hydrogen) atoms. The third-order valence-electron chi connectivity index (χ3n) is 4.16. The van der Waals surface area contributed by atoms with Gasteiger partial charge in [0.15, 0.2) is 0 Å². The Labute approximate surface area is 119 Å². The minimum absolute atomic E-state index is 0.280. The first-order valence-electron chi connectivity index (χ1n) is 7.74. The summed E-state index contributed by atoms with van der Waals surface area (Å²) in [6.45, 7) is 5.81. The van der Waals surface area contributed by atoms with Gasteiger partial charge in [0.1, 0.15) is 0 Å². The van der Waals surface area contributed by atoms with Gasteiger partial charge in [-0.15, -0.1) is 10.2 Å². The van der Waals surface area contributed by atoms with E-state index >= 15 is 0 Å². The Morgan fingerprint density at radius 2 is 1.70 bits per heavy atom. The number of nitrogens with zero attached hydrogens (tertiary/aromatic N) is 3. The maximum Gasteiger partial charge on any atom is 0.222 e. The van der Waals surface area contributed by atoms with Crippen molar-refractivity contribution in [3.8, 4) is 0 Å². The molecule has 1 saturated heterocycles. The van der Waals surface area contributed by atoms with Crippen molar-refractivity contribution in [2.24, 2.45) is 5.92 Å². The van der Waals surface area contributed by atoms with Crippen LogP contribution >= 0.6 is 0 Å². The lowest BCUT2D eigenvalue weighted by molar-refractivity contribution is -0.133. The van der Waals surface area contributed by atoms with Crippen molar-refractivity contribution in [1.29, 1.82) is 0 Å². The van der Waals surface area contributed by atoms with E-state index < -0.39 is 0 Å². The molecule has 110 valence electrons. The van der Waals surface area contributed by atoms with Crippen LogP contribution in [0.1, 0.15) is 69.6 Å². The van der Waals surface area contributed by atoms with Crippen LogP contribution in [0, 0.1) is 5.92 Å². The number of likely N-dealkylation sites (tertiary alicyclic amines) is 1. The quantitative estimate of drug-likeness (QED) is 0.849. The van der Waals surface area contributed by atoms with Gasteiger partial charge in [0.05, 0.1) is 0 Å². The largest absolute Gasteiger partial charge is 0.425 e. The highest BCUT2D eigenvalue weighted by Crippen LogP contribution is 2.40. The smallest absolute Gasteiger partial charge is 0.222 e. The molecule has 2 aliphatic rings.